The molecule has 7 nitrogen and oxygen atoms in total. The van der Waals surface area contributed by atoms with Crippen LogP contribution in [0.4, 0.5) is 0 Å². The van der Waals surface area contributed by atoms with Crippen molar-refractivity contribution in [3.05, 3.63) is 52.1 Å². The minimum Gasteiger partial charge on any atom is -0.349 e. The highest BCUT2D eigenvalue weighted by molar-refractivity contribution is 5.94. The lowest BCUT2D eigenvalue weighted by Gasteiger charge is -2.17. The van der Waals surface area contributed by atoms with Gasteiger partial charge in [0.2, 0.25) is 0 Å². The fraction of sp³-hybridized carbons (Fsp3) is 0.350. The number of hydrogen-bond acceptors (Lipinski definition) is 4. The number of carbonyl (C=O) groups excluding carboxylic acids is 1. The zero-order chi connectivity index (χ0) is 19.4. The molecule has 2 heterocycles. The molecule has 0 saturated carbocycles. The van der Waals surface area contributed by atoms with Crippen LogP contribution in [0.1, 0.15) is 30.0 Å². The smallest absolute Gasteiger partial charge is 0.271 e. The quantitative estimate of drug-likeness (QED) is 0.597. The number of aromatic nitrogens is 3. The van der Waals surface area contributed by atoms with Gasteiger partial charge in [0.05, 0.1) is 5.56 Å². The molecule has 0 aliphatic rings. The van der Waals surface area contributed by atoms with E-state index in [1.54, 1.807) is 13.0 Å². The van der Waals surface area contributed by atoms with E-state index < -0.39 is 0 Å². The highest BCUT2D eigenvalue weighted by Gasteiger charge is 2.17. The van der Waals surface area contributed by atoms with E-state index in [1.165, 1.54) is 0 Å². The first-order chi connectivity index (χ1) is 13.0. The maximum absolute atomic E-state index is 12.5. The van der Waals surface area contributed by atoms with Crippen LogP contribution in [0, 0.1) is 6.92 Å². The number of carbonyl (C=O) groups is 1. The highest BCUT2D eigenvalue weighted by atomic mass is 16.2. The van der Waals surface area contributed by atoms with Crippen LogP contribution >= 0.6 is 0 Å². The lowest BCUT2D eigenvalue weighted by atomic mass is 10.1. The van der Waals surface area contributed by atoms with Gasteiger partial charge in [0.25, 0.3) is 11.5 Å². The van der Waals surface area contributed by atoms with Gasteiger partial charge < -0.3 is 20.2 Å². The highest BCUT2D eigenvalue weighted by Crippen LogP contribution is 2.18. The molecule has 0 saturated heterocycles. The molecule has 0 spiro atoms. The number of nitrogens with zero attached hydrogens (tertiary/aromatic N) is 2. The fourth-order valence-electron chi connectivity index (χ4n) is 3.08. The van der Waals surface area contributed by atoms with Crippen LogP contribution in [0.25, 0.3) is 22.3 Å². The van der Waals surface area contributed by atoms with Gasteiger partial charge in [-0.3, -0.25) is 9.59 Å². The number of fused-ring (bicyclic) bond motifs is 1. The summed E-state index contributed by atoms with van der Waals surface area (Å²) in [5.41, 5.74) is 1.90. The summed E-state index contributed by atoms with van der Waals surface area (Å²) < 4.78 is 0. The topological polar surface area (TPSA) is 93.9 Å². The molecule has 2 aromatic heterocycles. The Kier molecular flexibility index (Phi) is 5.71. The van der Waals surface area contributed by atoms with E-state index in [1.807, 2.05) is 24.3 Å². The molecule has 0 aliphatic carbocycles. The van der Waals surface area contributed by atoms with E-state index in [2.05, 4.69) is 39.0 Å². The van der Waals surface area contributed by atoms with Crippen molar-refractivity contribution >= 4 is 16.8 Å². The van der Waals surface area contributed by atoms with Crippen molar-refractivity contribution in [1.82, 2.24) is 25.2 Å². The van der Waals surface area contributed by atoms with Crippen LogP contribution in [0.2, 0.25) is 0 Å². The number of pyridine rings is 1. The minimum atomic E-state index is -0.240. The summed E-state index contributed by atoms with van der Waals surface area (Å²) in [6.07, 6.45) is 0. The standard InChI is InChI=1S/C20H25N5O2/c1-4-25(5-2)11-10-21-20(27)17-13(3)22-18(24-17)15-12-14-8-6-7-9-16(14)23-19(15)26/h6-9,12H,4-5,10-11H2,1-3H3,(H,21,27)(H,22,24)(H,23,26). The van der Waals surface area contributed by atoms with Crippen molar-refractivity contribution in [2.45, 2.75) is 20.8 Å². The maximum Gasteiger partial charge on any atom is 0.271 e. The first-order valence-electron chi connectivity index (χ1n) is 9.23. The number of para-hydroxylation sites is 1. The number of amides is 1. The van der Waals surface area contributed by atoms with Gasteiger partial charge in [-0.15, -0.1) is 0 Å². The molecule has 3 rings (SSSR count). The zero-order valence-electron chi connectivity index (χ0n) is 15.9. The molecule has 142 valence electrons. The molecule has 0 atom stereocenters. The Hall–Kier alpha value is -2.93. The van der Waals surface area contributed by atoms with Crippen molar-refractivity contribution in [3.63, 3.8) is 0 Å². The Balaban J connectivity index is 1.81. The lowest BCUT2D eigenvalue weighted by molar-refractivity contribution is 0.0944. The van der Waals surface area contributed by atoms with Crippen LogP contribution < -0.4 is 10.9 Å². The molecule has 3 aromatic rings. The van der Waals surface area contributed by atoms with Gasteiger partial charge in [-0.25, -0.2) is 4.98 Å². The molecule has 7 heteroatoms. The molecule has 3 N–H and O–H groups in total. The van der Waals surface area contributed by atoms with Gasteiger partial charge >= 0.3 is 0 Å². The minimum absolute atomic E-state index is 0.237. The number of benzene rings is 1. The second-order valence-electron chi connectivity index (χ2n) is 6.44. The molecule has 0 radical (unpaired) electrons. The molecule has 27 heavy (non-hydrogen) atoms. The predicted octanol–water partition coefficient (Wildman–Crippen LogP) is 2.30. The van der Waals surface area contributed by atoms with Crippen LogP contribution in [-0.4, -0.2) is 51.9 Å². The number of hydrogen-bond donors (Lipinski definition) is 3. The Morgan fingerprint density at radius 2 is 1.93 bits per heavy atom. The summed E-state index contributed by atoms with van der Waals surface area (Å²) in [6, 6.07) is 9.34. The molecule has 0 aliphatic heterocycles. The Labute approximate surface area is 157 Å². The third-order valence-electron chi connectivity index (χ3n) is 4.72. The monoisotopic (exact) mass is 367 g/mol. The zero-order valence-corrected chi connectivity index (χ0v) is 15.9. The number of aromatic amines is 2. The summed E-state index contributed by atoms with van der Waals surface area (Å²) in [6.45, 7) is 9.21. The van der Waals surface area contributed by atoms with Crippen LogP contribution in [-0.2, 0) is 0 Å². The second kappa shape index (κ2) is 8.18. The fourth-order valence-corrected chi connectivity index (χ4v) is 3.08. The molecular weight excluding hydrogens is 342 g/mol. The van der Waals surface area contributed by atoms with E-state index in [4.69, 9.17) is 0 Å². The van der Waals surface area contributed by atoms with Crippen molar-refractivity contribution in [2.75, 3.05) is 26.2 Å². The van der Waals surface area contributed by atoms with E-state index in [9.17, 15) is 9.59 Å². The summed E-state index contributed by atoms with van der Waals surface area (Å²) in [7, 11) is 0. The van der Waals surface area contributed by atoms with Crippen molar-refractivity contribution < 1.29 is 4.79 Å². The predicted molar refractivity (Wildman–Crippen MR) is 107 cm³/mol. The van der Waals surface area contributed by atoms with Gasteiger partial charge in [0.1, 0.15) is 11.5 Å². The van der Waals surface area contributed by atoms with Crippen molar-refractivity contribution in [2.24, 2.45) is 0 Å². The molecule has 1 aromatic carbocycles. The van der Waals surface area contributed by atoms with Crippen LogP contribution in [0.3, 0.4) is 0 Å². The van der Waals surface area contributed by atoms with Gasteiger partial charge in [-0.05, 0) is 37.5 Å². The average Bonchev–Trinajstić information content (AvgIpc) is 3.06. The summed E-state index contributed by atoms with van der Waals surface area (Å²) in [4.78, 5) is 37.4. The summed E-state index contributed by atoms with van der Waals surface area (Å²) >= 11 is 0. The Bertz CT molecular complexity index is 1000. The third kappa shape index (κ3) is 4.09. The van der Waals surface area contributed by atoms with E-state index in [0.29, 0.717) is 29.3 Å². The van der Waals surface area contributed by atoms with Gasteiger partial charge in [0.15, 0.2) is 0 Å². The first-order valence-corrected chi connectivity index (χ1v) is 9.23. The normalized spacial score (nSPS) is 11.3. The van der Waals surface area contributed by atoms with Crippen LogP contribution in [0.15, 0.2) is 35.1 Å². The first kappa shape index (κ1) is 18.8. The van der Waals surface area contributed by atoms with E-state index in [-0.39, 0.29) is 11.5 Å². The van der Waals surface area contributed by atoms with E-state index in [0.717, 1.165) is 30.5 Å². The van der Waals surface area contributed by atoms with Gasteiger partial charge in [-0.2, -0.15) is 0 Å². The van der Waals surface area contributed by atoms with Crippen molar-refractivity contribution in [1.29, 1.82) is 0 Å². The molecule has 1 amide bonds. The summed E-state index contributed by atoms with van der Waals surface area (Å²) in [5, 5.41) is 3.81. The molecule has 0 unspecified atom stereocenters. The Morgan fingerprint density at radius 1 is 1.19 bits per heavy atom. The molecule has 0 bridgehead atoms. The third-order valence-corrected chi connectivity index (χ3v) is 4.72. The number of nitrogens with one attached hydrogen (secondary N) is 3. The number of likely N-dealkylation sites (N-methyl/N-ethyl adjacent to an activating group) is 1. The molecule has 0 fully saturated rings. The van der Waals surface area contributed by atoms with Gasteiger partial charge in [0, 0.05) is 24.3 Å². The van der Waals surface area contributed by atoms with E-state index >= 15 is 0 Å². The number of imidazole rings is 1. The largest absolute Gasteiger partial charge is 0.349 e. The lowest BCUT2D eigenvalue weighted by Crippen LogP contribution is -2.35. The van der Waals surface area contributed by atoms with Crippen LogP contribution in [0.5, 0.6) is 0 Å². The second-order valence-corrected chi connectivity index (χ2v) is 6.44. The number of rotatable bonds is 7. The van der Waals surface area contributed by atoms with Crippen molar-refractivity contribution in [3.8, 4) is 11.4 Å². The maximum atomic E-state index is 12.5. The summed E-state index contributed by atoms with van der Waals surface area (Å²) in [5.74, 6) is 0.160. The Morgan fingerprint density at radius 3 is 2.67 bits per heavy atom. The number of aryl methyl sites for hydroxylation is 1. The van der Waals surface area contributed by atoms with Gasteiger partial charge in [-0.1, -0.05) is 32.0 Å². The SMILES string of the molecule is CCN(CC)CCNC(=O)c1nc(-c2cc3ccccc3[nH]c2=O)[nH]c1C. The number of H-pyrrole nitrogens is 2. The molecular formula is C20H25N5O2. The average molecular weight is 367 g/mol.